The fourth-order valence-electron chi connectivity index (χ4n) is 2.12. The number of imidazole rings is 1. The lowest BCUT2D eigenvalue weighted by Gasteiger charge is -2.03. The molecule has 20 heavy (non-hydrogen) atoms. The number of hydrogen-bond acceptors (Lipinski definition) is 2. The largest absolute Gasteiger partial charge is 0.294 e. The number of rotatable bonds is 4. The summed E-state index contributed by atoms with van der Waals surface area (Å²) in [6.45, 7) is 2.05. The Hall–Kier alpha value is -2.00. The Bertz CT molecular complexity index is 729. The van der Waals surface area contributed by atoms with Gasteiger partial charge in [-0.25, -0.2) is 4.98 Å². The third kappa shape index (κ3) is 2.49. The molecular weight excluding hydrogens is 264 g/mol. The Morgan fingerprint density at radius 2 is 1.90 bits per heavy atom. The number of benzene rings is 1. The van der Waals surface area contributed by atoms with Crippen LogP contribution in [0.4, 0.5) is 0 Å². The van der Waals surface area contributed by atoms with Gasteiger partial charge in [-0.2, -0.15) is 0 Å². The molecule has 2 aromatic heterocycles. The molecular formula is C17H16N2S. The van der Waals surface area contributed by atoms with Crippen LogP contribution >= 0.6 is 11.8 Å². The lowest BCUT2D eigenvalue weighted by Crippen LogP contribution is -1.87. The van der Waals surface area contributed by atoms with Gasteiger partial charge >= 0.3 is 0 Å². The monoisotopic (exact) mass is 280 g/mol. The van der Waals surface area contributed by atoms with E-state index in [0.29, 0.717) is 0 Å². The summed E-state index contributed by atoms with van der Waals surface area (Å²) in [7, 11) is 0. The van der Waals surface area contributed by atoms with Crippen molar-refractivity contribution in [3.8, 4) is 11.3 Å². The molecule has 0 amide bonds. The molecule has 0 spiro atoms. The number of fused-ring (bicyclic) bond motifs is 1. The molecule has 3 rings (SSSR count). The van der Waals surface area contributed by atoms with Crippen LogP contribution in [0.3, 0.4) is 0 Å². The van der Waals surface area contributed by atoms with E-state index in [0.717, 1.165) is 17.1 Å². The molecule has 2 heterocycles. The van der Waals surface area contributed by atoms with Gasteiger partial charge in [0.2, 0.25) is 0 Å². The zero-order chi connectivity index (χ0) is 13.8. The van der Waals surface area contributed by atoms with Crippen molar-refractivity contribution >= 4 is 17.4 Å². The zero-order valence-electron chi connectivity index (χ0n) is 11.4. The fourth-order valence-corrected chi connectivity index (χ4v) is 3.16. The van der Waals surface area contributed by atoms with E-state index in [9.17, 15) is 0 Å². The molecule has 1 aromatic carbocycles. The van der Waals surface area contributed by atoms with E-state index < -0.39 is 0 Å². The maximum Gasteiger partial charge on any atom is 0.138 e. The number of allylic oxidation sites excluding steroid dienone is 1. The summed E-state index contributed by atoms with van der Waals surface area (Å²) >= 11 is 1.82. The second-order valence-electron chi connectivity index (χ2n) is 4.44. The van der Waals surface area contributed by atoms with Crippen LogP contribution in [0.2, 0.25) is 0 Å². The SMILES string of the molecule is C/C=C/CSc1c(-c2ccccc2)nc2ccccn12. The fraction of sp³-hybridized carbons (Fsp3) is 0.118. The Morgan fingerprint density at radius 3 is 2.70 bits per heavy atom. The predicted octanol–water partition coefficient (Wildman–Crippen LogP) is 4.67. The molecule has 100 valence electrons. The van der Waals surface area contributed by atoms with E-state index in [4.69, 9.17) is 4.98 Å². The van der Waals surface area contributed by atoms with Crippen LogP contribution in [-0.4, -0.2) is 15.1 Å². The van der Waals surface area contributed by atoms with E-state index in [2.05, 4.69) is 47.0 Å². The first kappa shape index (κ1) is 13.0. The first-order chi connectivity index (χ1) is 9.90. The molecule has 3 heteroatoms. The third-order valence-corrected chi connectivity index (χ3v) is 4.11. The van der Waals surface area contributed by atoms with E-state index in [1.54, 1.807) is 0 Å². The highest BCUT2D eigenvalue weighted by molar-refractivity contribution is 7.99. The summed E-state index contributed by atoms with van der Waals surface area (Å²) in [5, 5.41) is 1.20. The van der Waals surface area contributed by atoms with Gasteiger partial charge in [0.05, 0.1) is 0 Å². The quantitative estimate of drug-likeness (QED) is 0.510. The van der Waals surface area contributed by atoms with Gasteiger partial charge in [-0.1, -0.05) is 48.6 Å². The molecule has 0 atom stereocenters. The number of hydrogen-bond donors (Lipinski definition) is 0. The van der Waals surface area contributed by atoms with Gasteiger partial charge in [0.1, 0.15) is 16.4 Å². The van der Waals surface area contributed by atoms with E-state index in [-0.39, 0.29) is 0 Å². The highest BCUT2D eigenvalue weighted by Gasteiger charge is 2.13. The Morgan fingerprint density at radius 1 is 1.10 bits per heavy atom. The van der Waals surface area contributed by atoms with Crippen LogP contribution in [0.15, 0.2) is 71.9 Å². The van der Waals surface area contributed by atoms with Crippen molar-refractivity contribution in [2.45, 2.75) is 11.9 Å². The van der Waals surface area contributed by atoms with Crippen molar-refractivity contribution in [2.24, 2.45) is 0 Å². The van der Waals surface area contributed by atoms with Crippen LogP contribution in [0, 0.1) is 0 Å². The smallest absolute Gasteiger partial charge is 0.138 e. The molecule has 3 aromatic rings. The topological polar surface area (TPSA) is 17.3 Å². The van der Waals surface area contributed by atoms with Gasteiger partial charge in [0.25, 0.3) is 0 Å². The summed E-state index contributed by atoms with van der Waals surface area (Å²) in [5.74, 6) is 0.957. The minimum Gasteiger partial charge on any atom is -0.294 e. The zero-order valence-corrected chi connectivity index (χ0v) is 12.2. The van der Waals surface area contributed by atoms with Crippen LogP contribution in [-0.2, 0) is 0 Å². The standard InChI is InChI=1S/C17H16N2S/c1-2-3-13-20-17-16(14-9-5-4-6-10-14)18-15-11-7-8-12-19(15)17/h2-12H,13H2,1H3/b3-2+. The van der Waals surface area contributed by atoms with Gasteiger partial charge in [-0.15, -0.1) is 11.8 Å². The summed E-state index contributed by atoms with van der Waals surface area (Å²) in [6.07, 6.45) is 6.33. The van der Waals surface area contributed by atoms with Gasteiger partial charge in [-0.05, 0) is 19.1 Å². The second kappa shape index (κ2) is 5.97. The van der Waals surface area contributed by atoms with Gasteiger partial charge in [0, 0.05) is 17.5 Å². The molecule has 0 radical (unpaired) electrons. The van der Waals surface area contributed by atoms with Gasteiger partial charge in [-0.3, -0.25) is 4.40 Å². The maximum atomic E-state index is 4.78. The lowest BCUT2D eigenvalue weighted by atomic mass is 10.2. The number of pyridine rings is 1. The number of thioether (sulfide) groups is 1. The van der Waals surface area contributed by atoms with Crippen molar-refractivity contribution in [3.05, 3.63) is 66.9 Å². The van der Waals surface area contributed by atoms with Gasteiger partial charge in [0.15, 0.2) is 0 Å². The molecule has 0 saturated carbocycles. The summed E-state index contributed by atoms with van der Waals surface area (Å²) in [4.78, 5) is 4.78. The number of nitrogens with zero attached hydrogens (tertiary/aromatic N) is 2. The van der Waals surface area contributed by atoms with Crippen molar-refractivity contribution in [2.75, 3.05) is 5.75 Å². The molecule has 0 unspecified atom stereocenters. The van der Waals surface area contributed by atoms with Gasteiger partial charge < -0.3 is 0 Å². The Balaban J connectivity index is 2.12. The first-order valence-electron chi connectivity index (χ1n) is 6.66. The highest BCUT2D eigenvalue weighted by atomic mass is 32.2. The summed E-state index contributed by atoms with van der Waals surface area (Å²) in [5.41, 5.74) is 3.22. The summed E-state index contributed by atoms with van der Waals surface area (Å²) in [6, 6.07) is 16.5. The molecule has 0 N–H and O–H groups in total. The normalized spacial score (nSPS) is 11.4. The second-order valence-corrected chi connectivity index (χ2v) is 5.45. The third-order valence-electron chi connectivity index (χ3n) is 3.09. The Labute approximate surface area is 123 Å². The molecule has 0 aliphatic rings. The average Bonchev–Trinajstić information content (AvgIpc) is 2.87. The minimum absolute atomic E-state index is 0.957. The van der Waals surface area contributed by atoms with Crippen LogP contribution in [0.5, 0.6) is 0 Å². The van der Waals surface area contributed by atoms with E-state index >= 15 is 0 Å². The molecule has 0 fully saturated rings. The van der Waals surface area contributed by atoms with Crippen molar-refractivity contribution < 1.29 is 0 Å². The van der Waals surface area contributed by atoms with E-state index in [1.165, 1.54) is 10.6 Å². The van der Waals surface area contributed by atoms with E-state index in [1.807, 2.05) is 43.0 Å². The van der Waals surface area contributed by atoms with Crippen LogP contribution < -0.4 is 0 Å². The minimum atomic E-state index is 0.957. The van der Waals surface area contributed by atoms with Crippen LogP contribution in [0.25, 0.3) is 16.9 Å². The predicted molar refractivity (Wildman–Crippen MR) is 86.2 cm³/mol. The molecule has 2 nitrogen and oxygen atoms in total. The Kier molecular flexibility index (Phi) is 3.88. The lowest BCUT2D eigenvalue weighted by molar-refractivity contribution is 1.05. The molecule has 0 saturated heterocycles. The van der Waals surface area contributed by atoms with Crippen molar-refractivity contribution in [3.63, 3.8) is 0 Å². The number of aromatic nitrogens is 2. The first-order valence-corrected chi connectivity index (χ1v) is 7.65. The van der Waals surface area contributed by atoms with Crippen LogP contribution in [0.1, 0.15) is 6.92 Å². The van der Waals surface area contributed by atoms with Crippen molar-refractivity contribution in [1.82, 2.24) is 9.38 Å². The van der Waals surface area contributed by atoms with Crippen molar-refractivity contribution in [1.29, 1.82) is 0 Å². The average molecular weight is 280 g/mol. The molecule has 0 bridgehead atoms. The summed E-state index contributed by atoms with van der Waals surface area (Å²) < 4.78 is 2.16. The molecule has 0 aliphatic carbocycles. The highest BCUT2D eigenvalue weighted by Crippen LogP contribution is 2.31. The maximum absolute atomic E-state index is 4.78. The molecule has 0 aliphatic heterocycles.